The van der Waals surface area contributed by atoms with Crippen LogP contribution >= 0.6 is 11.3 Å². The third-order valence-electron chi connectivity index (χ3n) is 3.78. The fourth-order valence-electron chi connectivity index (χ4n) is 2.46. The van der Waals surface area contributed by atoms with E-state index in [9.17, 15) is 10.1 Å². The lowest BCUT2D eigenvalue weighted by atomic mass is 10.1. The molecule has 0 saturated carbocycles. The van der Waals surface area contributed by atoms with E-state index in [4.69, 9.17) is 9.47 Å². The number of hydrogen-bond donors (Lipinski definition) is 0. The van der Waals surface area contributed by atoms with Crippen LogP contribution in [-0.2, 0) is 7.05 Å². The Balaban J connectivity index is 2.04. The maximum absolute atomic E-state index is 11.3. The summed E-state index contributed by atoms with van der Waals surface area (Å²) in [6.07, 6.45) is 1.34. The first kappa shape index (κ1) is 17.6. The minimum atomic E-state index is -0.497. The monoisotopic (exact) mass is 372 g/mol. The maximum atomic E-state index is 11.3. The van der Waals surface area contributed by atoms with E-state index in [-0.39, 0.29) is 17.0 Å². The molecular formula is C17H16N4O4S. The molecule has 1 heterocycles. The number of thiazole rings is 1. The molecule has 0 aliphatic carbocycles. The van der Waals surface area contributed by atoms with Gasteiger partial charge in [0.05, 0.1) is 47.2 Å². The number of benzene rings is 2. The molecule has 0 fully saturated rings. The van der Waals surface area contributed by atoms with Gasteiger partial charge in [-0.2, -0.15) is 5.10 Å². The third-order valence-corrected chi connectivity index (χ3v) is 4.89. The highest BCUT2D eigenvalue weighted by Gasteiger charge is 2.18. The number of rotatable bonds is 5. The lowest BCUT2D eigenvalue weighted by Crippen LogP contribution is -2.09. The van der Waals surface area contributed by atoms with Crippen LogP contribution in [0.25, 0.3) is 10.2 Å². The Hall–Kier alpha value is -3.20. The molecule has 0 bridgehead atoms. The number of nitrogens with zero attached hydrogens (tertiary/aromatic N) is 4. The Morgan fingerprint density at radius 1 is 1.19 bits per heavy atom. The summed E-state index contributed by atoms with van der Waals surface area (Å²) in [6.45, 7) is 0. The third kappa shape index (κ3) is 3.29. The minimum Gasteiger partial charge on any atom is -0.493 e. The average molecular weight is 372 g/mol. The normalized spacial score (nSPS) is 12.0. The van der Waals surface area contributed by atoms with Crippen LogP contribution in [0.15, 0.2) is 46.6 Å². The molecule has 1 aromatic heterocycles. The van der Waals surface area contributed by atoms with Crippen molar-refractivity contribution in [3.05, 3.63) is 56.9 Å². The van der Waals surface area contributed by atoms with Crippen LogP contribution in [0.4, 0.5) is 5.69 Å². The Morgan fingerprint density at radius 3 is 2.54 bits per heavy atom. The van der Waals surface area contributed by atoms with Gasteiger partial charge in [-0.1, -0.05) is 23.5 Å². The number of nitro benzene ring substituents is 1. The second-order valence-electron chi connectivity index (χ2n) is 5.28. The molecule has 0 unspecified atom stereocenters. The number of methoxy groups -OCH3 is 2. The van der Waals surface area contributed by atoms with Gasteiger partial charge < -0.3 is 14.0 Å². The fraction of sp³-hybridized carbons (Fsp3) is 0.176. The van der Waals surface area contributed by atoms with Crippen molar-refractivity contribution in [3.63, 3.8) is 0 Å². The topological polar surface area (TPSA) is 91.2 Å². The summed E-state index contributed by atoms with van der Waals surface area (Å²) in [4.78, 5) is 11.5. The van der Waals surface area contributed by atoms with Gasteiger partial charge in [0.2, 0.25) is 4.80 Å². The van der Waals surface area contributed by atoms with Crippen LogP contribution in [0.2, 0.25) is 0 Å². The second-order valence-corrected chi connectivity index (χ2v) is 6.29. The van der Waals surface area contributed by atoms with E-state index in [0.29, 0.717) is 10.6 Å². The second kappa shape index (κ2) is 7.36. The van der Waals surface area contributed by atoms with Crippen molar-refractivity contribution in [2.45, 2.75) is 0 Å². The van der Waals surface area contributed by atoms with Gasteiger partial charge in [0, 0.05) is 7.05 Å². The molecule has 134 valence electrons. The first-order valence-corrected chi connectivity index (χ1v) is 8.39. The van der Waals surface area contributed by atoms with Crippen LogP contribution in [-0.4, -0.2) is 29.9 Å². The van der Waals surface area contributed by atoms with E-state index in [1.54, 1.807) is 0 Å². The molecular weight excluding hydrogens is 356 g/mol. The summed E-state index contributed by atoms with van der Waals surface area (Å²) in [7, 11) is 4.78. The molecule has 0 N–H and O–H groups in total. The Labute approximate surface area is 152 Å². The van der Waals surface area contributed by atoms with Gasteiger partial charge in [0.25, 0.3) is 5.69 Å². The summed E-state index contributed by atoms with van der Waals surface area (Å²) >= 11 is 1.49. The maximum Gasteiger partial charge on any atom is 0.282 e. The van der Waals surface area contributed by atoms with Crippen molar-refractivity contribution < 1.29 is 14.4 Å². The van der Waals surface area contributed by atoms with E-state index in [2.05, 4.69) is 10.2 Å². The van der Waals surface area contributed by atoms with Gasteiger partial charge >= 0.3 is 0 Å². The molecule has 3 rings (SSSR count). The first-order valence-electron chi connectivity index (χ1n) is 7.57. The van der Waals surface area contributed by atoms with Gasteiger partial charge in [0.15, 0.2) is 11.5 Å². The number of para-hydroxylation sites is 1. The van der Waals surface area contributed by atoms with Gasteiger partial charge in [-0.05, 0) is 18.2 Å². The molecule has 0 aliphatic rings. The van der Waals surface area contributed by atoms with Crippen molar-refractivity contribution in [3.8, 4) is 11.5 Å². The van der Waals surface area contributed by atoms with E-state index >= 15 is 0 Å². The Morgan fingerprint density at radius 2 is 1.88 bits per heavy atom. The van der Waals surface area contributed by atoms with Crippen LogP contribution in [0.3, 0.4) is 0 Å². The van der Waals surface area contributed by atoms with Crippen LogP contribution < -0.4 is 14.3 Å². The number of aromatic nitrogens is 1. The SMILES string of the molecule is COc1cc(/C=N/N=c2\sc3ccccc3n2C)c([N+](=O)[O-])cc1OC. The number of hydrogen-bond acceptors (Lipinski definition) is 7. The molecule has 8 nitrogen and oxygen atoms in total. The van der Waals surface area contributed by atoms with Gasteiger partial charge in [-0.3, -0.25) is 10.1 Å². The lowest BCUT2D eigenvalue weighted by Gasteiger charge is -2.08. The molecule has 0 spiro atoms. The number of fused-ring (bicyclic) bond motifs is 1. The highest BCUT2D eigenvalue weighted by atomic mass is 32.1. The number of ether oxygens (including phenoxy) is 2. The average Bonchev–Trinajstić information content (AvgIpc) is 2.97. The van der Waals surface area contributed by atoms with Gasteiger partial charge in [0.1, 0.15) is 0 Å². The van der Waals surface area contributed by atoms with E-state index in [0.717, 1.165) is 10.2 Å². The van der Waals surface area contributed by atoms with Crippen molar-refractivity contribution >= 4 is 33.5 Å². The van der Waals surface area contributed by atoms with Crippen LogP contribution in [0, 0.1) is 10.1 Å². The molecule has 0 atom stereocenters. The quantitative estimate of drug-likeness (QED) is 0.391. The Kier molecular flexibility index (Phi) is 4.99. The summed E-state index contributed by atoms with van der Waals surface area (Å²) in [5.74, 6) is 0.663. The van der Waals surface area contributed by atoms with Crippen molar-refractivity contribution in [2.75, 3.05) is 14.2 Å². The molecule has 0 amide bonds. The van der Waals surface area contributed by atoms with Gasteiger partial charge in [-0.15, -0.1) is 5.10 Å². The predicted molar refractivity (Wildman–Crippen MR) is 100 cm³/mol. The molecule has 3 aromatic rings. The minimum absolute atomic E-state index is 0.137. The van der Waals surface area contributed by atoms with E-state index in [1.807, 2.05) is 35.9 Å². The molecule has 0 aliphatic heterocycles. The largest absolute Gasteiger partial charge is 0.493 e. The molecule has 2 aromatic carbocycles. The van der Waals surface area contributed by atoms with E-state index < -0.39 is 4.92 Å². The summed E-state index contributed by atoms with van der Waals surface area (Å²) in [5, 5.41) is 19.5. The predicted octanol–water partition coefficient (Wildman–Crippen LogP) is 3.10. The summed E-state index contributed by atoms with van der Waals surface area (Å²) in [6, 6.07) is 10.7. The zero-order valence-corrected chi connectivity index (χ0v) is 15.2. The summed E-state index contributed by atoms with van der Waals surface area (Å²) in [5.41, 5.74) is 1.19. The zero-order valence-electron chi connectivity index (χ0n) is 14.4. The number of nitro groups is 1. The smallest absolute Gasteiger partial charge is 0.282 e. The zero-order chi connectivity index (χ0) is 18.7. The molecule has 0 radical (unpaired) electrons. The molecule has 0 saturated heterocycles. The highest BCUT2D eigenvalue weighted by Crippen LogP contribution is 2.33. The van der Waals surface area contributed by atoms with Crippen molar-refractivity contribution in [1.82, 2.24) is 4.57 Å². The Bertz CT molecular complexity index is 1070. The summed E-state index contributed by atoms with van der Waals surface area (Å²) < 4.78 is 13.3. The molecule has 26 heavy (non-hydrogen) atoms. The highest BCUT2D eigenvalue weighted by molar-refractivity contribution is 7.16. The molecule has 9 heteroatoms. The fourth-order valence-corrected chi connectivity index (χ4v) is 3.44. The van der Waals surface area contributed by atoms with Crippen molar-refractivity contribution in [2.24, 2.45) is 17.3 Å². The van der Waals surface area contributed by atoms with Crippen LogP contribution in [0.5, 0.6) is 11.5 Å². The standard InChI is InChI=1S/C17H16N4O4S/c1-20-12-6-4-5-7-16(12)26-17(20)19-18-10-11-8-14(24-2)15(25-3)9-13(11)21(22)23/h4-10H,1-3H3/b18-10+,19-17-. The van der Waals surface area contributed by atoms with Crippen LogP contribution in [0.1, 0.15) is 5.56 Å². The van der Waals surface area contributed by atoms with Gasteiger partial charge in [-0.25, -0.2) is 0 Å². The van der Waals surface area contributed by atoms with Crippen molar-refractivity contribution in [1.29, 1.82) is 0 Å². The number of aryl methyl sites for hydroxylation is 1. The lowest BCUT2D eigenvalue weighted by molar-refractivity contribution is -0.385. The first-order chi connectivity index (χ1) is 12.5. The van der Waals surface area contributed by atoms with E-state index in [1.165, 1.54) is 43.9 Å².